The number of hydrogen-bond acceptors (Lipinski definition) is 8. The van der Waals surface area contributed by atoms with Crippen LogP contribution in [0.2, 0.25) is 0 Å². The van der Waals surface area contributed by atoms with Crippen LogP contribution in [0.25, 0.3) is 0 Å². The number of imide groups is 1. The number of nitro groups is 1. The Morgan fingerprint density at radius 1 is 1.30 bits per heavy atom. The monoisotopic (exact) mass is 414 g/mol. The maximum atomic E-state index is 13.3. The second kappa shape index (κ2) is 6.84. The molecule has 10 heteroatoms. The van der Waals surface area contributed by atoms with Gasteiger partial charge in [0, 0.05) is 25.5 Å². The molecular weight excluding hydrogens is 396 g/mol. The average molecular weight is 414 g/mol. The highest BCUT2D eigenvalue weighted by atomic mass is 16.6. The normalized spacial score (nSPS) is 29.8. The Balaban J connectivity index is 1.75. The van der Waals surface area contributed by atoms with E-state index in [4.69, 9.17) is 9.47 Å². The van der Waals surface area contributed by atoms with Crippen LogP contribution in [0.1, 0.15) is 20.3 Å². The zero-order valence-corrected chi connectivity index (χ0v) is 16.1. The maximum absolute atomic E-state index is 13.3. The van der Waals surface area contributed by atoms with E-state index in [1.54, 1.807) is 12.2 Å². The standard InChI is InChI=1S/C20H18N2O8/c1-10(23)8-15(29-11(2)24)20-7-6-14(30-20)16-17(20)19(26)21(18(16)25)12-4-3-5-13(9-12)22(27)28/h3-7,9,14-17H,8H2,1-2H3/t14-,15+,16-,17+,20-/m1/s1. The van der Waals surface area contributed by atoms with Crippen LogP contribution in [0.4, 0.5) is 11.4 Å². The molecule has 1 aromatic rings. The molecule has 0 N–H and O–H groups in total. The van der Waals surface area contributed by atoms with Gasteiger partial charge in [0.05, 0.1) is 28.6 Å². The SMILES string of the molecule is CC(=O)C[C@H](OC(C)=O)[C@@]12C=C[C@@H](O1)[C@H]1C(=O)N(c3cccc([N+](=O)[O-])c3)C(=O)[C@H]12. The predicted octanol–water partition coefficient (Wildman–Crippen LogP) is 1.32. The molecule has 5 atom stereocenters. The zero-order chi connectivity index (χ0) is 21.8. The number of ketones is 1. The van der Waals surface area contributed by atoms with Crippen molar-refractivity contribution in [2.45, 2.75) is 38.1 Å². The lowest BCUT2D eigenvalue weighted by Crippen LogP contribution is -2.51. The first-order chi connectivity index (χ1) is 14.2. The van der Waals surface area contributed by atoms with E-state index < -0.39 is 52.4 Å². The number of fused-ring (bicyclic) bond motifs is 5. The summed E-state index contributed by atoms with van der Waals surface area (Å²) < 4.78 is 11.3. The maximum Gasteiger partial charge on any atom is 0.303 e. The van der Waals surface area contributed by atoms with Crippen LogP contribution in [0.5, 0.6) is 0 Å². The van der Waals surface area contributed by atoms with Crippen molar-refractivity contribution in [1.29, 1.82) is 0 Å². The second-order valence-corrected chi connectivity index (χ2v) is 7.59. The summed E-state index contributed by atoms with van der Waals surface area (Å²) in [4.78, 5) is 61.3. The number of ether oxygens (including phenoxy) is 2. The van der Waals surface area contributed by atoms with Gasteiger partial charge in [0.2, 0.25) is 11.8 Å². The number of carbonyl (C=O) groups is 4. The van der Waals surface area contributed by atoms with Gasteiger partial charge in [-0.1, -0.05) is 12.1 Å². The fourth-order valence-corrected chi connectivity index (χ4v) is 4.56. The number of carbonyl (C=O) groups excluding carboxylic acids is 4. The summed E-state index contributed by atoms with van der Waals surface area (Å²) in [6.45, 7) is 2.51. The molecule has 0 aromatic heterocycles. The van der Waals surface area contributed by atoms with Gasteiger partial charge in [0.1, 0.15) is 17.5 Å². The molecule has 0 spiro atoms. The topological polar surface area (TPSA) is 133 Å². The summed E-state index contributed by atoms with van der Waals surface area (Å²) in [6, 6.07) is 5.23. The van der Waals surface area contributed by atoms with Crippen LogP contribution in [-0.2, 0) is 28.7 Å². The third kappa shape index (κ3) is 2.83. The van der Waals surface area contributed by atoms with Crippen molar-refractivity contribution in [3.63, 3.8) is 0 Å². The number of Topliss-reactive ketones (excluding diaryl/α,β-unsaturated/α-hetero) is 1. The largest absolute Gasteiger partial charge is 0.459 e. The number of esters is 1. The highest BCUT2D eigenvalue weighted by molar-refractivity contribution is 6.23. The molecule has 2 amide bonds. The Labute approximate surface area is 170 Å². The third-order valence-electron chi connectivity index (χ3n) is 5.66. The van der Waals surface area contributed by atoms with E-state index in [9.17, 15) is 29.3 Å². The molecule has 30 heavy (non-hydrogen) atoms. The minimum atomic E-state index is -1.45. The molecule has 156 valence electrons. The van der Waals surface area contributed by atoms with E-state index in [0.717, 1.165) is 11.0 Å². The fourth-order valence-electron chi connectivity index (χ4n) is 4.56. The summed E-state index contributed by atoms with van der Waals surface area (Å²) in [5, 5.41) is 11.1. The number of non-ortho nitro benzene ring substituents is 1. The number of rotatable bonds is 6. The summed E-state index contributed by atoms with van der Waals surface area (Å²) in [6.07, 6.45) is 1.22. The Morgan fingerprint density at radius 2 is 2.03 bits per heavy atom. The van der Waals surface area contributed by atoms with Crippen molar-refractivity contribution in [2.75, 3.05) is 4.90 Å². The van der Waals surface area contributed by atoms with Crippen LogP contribution in [0.15, 0.2) is 36.4 Å². The lowest BCUT2D eigenvalue weighted by Gasteiger charge is -2.35. The zero-order valence-electron chi connectivity index (χ0n) is 16.1. The van der Waals surface area contributed by atoms with Crippen LogP contribution in [0, 0.1) is 22.0 Å². The molecule has 1 aromatic carbocycles. The van der Waals surface area contributed by atoms with Crippen LogP contribution >= 0.6 is 0 Å². The molecule has 0 radical (unpaired) electrons. The quantitative estimate of drug-likeness (QED) is 0.224. The van der Waals surface area contributed by atoms with Gasteiger partial charge in [-0.15, -0.1) is 0 Å². The molecule has 2 bridgehead atoms. The van der Waals surface area contributed by atoms with Gasteiger partial charge >= 0.3 is 5.97 Å². The molecule has 0 saturated carbocycles. The summed E-state index contributed by atoms with van der Waals surface area (Å²) in [5.41, 5.74) is -1.63. The van der Waals surface area contributed by atoms with Gasteiger partial charge < -0.3 is 9.47 Å². The van der Waals surface area contributed by atoms with E-state index in [1.807, 2.05) is 0 Å². The number of amides is 2. The van der Waals surface area contributed by atoms with Crippen LogP contribution in [0.3, 0.4) is 0 Å². The predicted molar refractivity (Wildman–Crippen MR) is 100 cm³/mol. The molecule has 2 fully saturated rings. The Morgan fingerprint density at radius 3 is 2.67 bits per heavy atom. The Bertz CT molecular complexity index is 1000. The van der Waals surface area contributed by atoms with E-state index in [1.165, 1.54) is 32.0 Å². The lowest BCUT2D eigenvalue weighted by molar-refractivity contribution is -0.384. The highest BCUT2D eigenvalue weighted by Gasteiger charge is 2.70. The molecule has 0 aliphatic carbocycles. The lowest BCUT2D eigenvalue weighted by atomic mass is 9.73. The number of anilines is 1. The molecule has 3 aliphatic heterocycles. The number of benzene rings is 1. The van der Waals surface area contributed by atoms with Crippen molar-refractivity contribution in [1.82, 2.24) is 0 Å². The minimum absolute atomic E-state index is 0.0822. The third-order valence-corrected chi connectivity index (χ3v) is 5.66. The van der Waals surface area contributed by atoms with Gasteiger partial charge in [0.25, 0.3) is 5.69 Å². The summed E-state index contributed by atoms with van der Waals surface area (Å²) in [5.74, 6) is -3.96. The molecule has 4 rings (SSSR count). The van der Waals surface area contributed by atoms with Crippen molar-refractivity contribution in [3.05, 3.63) is 46.5 Å². The molecule has 10 nitrogen and oxygen atoms in total. The molecule has 2 saturated heterocycles. The molecular formula is C20H18N2O8. The molecule has 3 heterocycles. The number of hydrogen-bond donors (Lipinski definition) is 0. The van der Waals surface area contributed by atoms with E-state index in [-0.39, 0.29) is 23.6 Å². The Kier molecular flexibility index (Phi) is 4.53. The van der Waals surface area contributed by atoms with E-state index in [0.29, 0.717) is 0 Å². The smallest absolute Gasteiger partial charge is 0.303 e. The summed E-state index contributed by atoms with van der Waals surface area (Å²) >= 11 is 0. The van der Waals surface area contributed by atoms with Crippen molar-refractivity contribution < 1.29 is 33.6 Å². The number of nitro benzene ring substituents is 1. The molecule has 3 aliphatic rings. The van der Waals surface area contributed by atoms with Gasteiger partial charge in [-0.25, -0.2) is 4.90 Å². The second-order valence-electron chi connectivity index (χ2n) is 7.59. The number of nitrogens with zero attached hydrogens (tertiary/aromatic N) is 2. The van der Waals surface area contributed by atoms with Crippen LogP contribution in [-0.4, -0.2) is 46.3 Å². The van der Waals surface area contributed by atoms with Crippen molar-refractivity contribution in [3.8, 4) is 0 Å². The minimum Gasteiger partial charge on any atom is -0.459 e. The van der Waals surface area contributed by atoms with Gasteiger partial charge in [-0.3, -0.25) is 29.3 Å². The van der Waals surface area contributed by atoms with E-state index in [2.05, 4.69) is 0 Å². The van der Waals surface area contributed by atoms with E-state index >= 15 is 0 Å². The first-order valence-corrected chi connectivity index (χ1v) is 9.32. The molecule has 0 unspecified atom stereocenters. The van der Waals surface area contributed by atoms with Gasteiger partial charge in [0.15, 0.2) is 0 Å². The first-order valence-electron chi connectivity index (χ1n) is 9.32. The van der Waals surface area contributed by atoms with Crippen molar-refractivity contribution in [2.24, 2.45) is 11.8 Å². The van der Waals surface area contributed by atoms with Gasteiger partial charge in [-0.2, -0.15) is 0 Å². The Hall–Kier alpha value is -3.40. The van der Waals surface area contributed by atoms with Crippen molar-refractivity contribution >= 4 is 34.9 Å². The van der Waals surface area contributed by atoms with Crippen LogP contribution < -0.4 is 4.90 Å². The summed E-state index contributed by atoms with van der Waals surface area (Å²) in [7, 11) is 0. The first kappa shape index (κ1) is 19.9. The van der Waals surface area contributed by atoms with Gasteiger partial charge in [-0.05, 0) is 19.1 Å². The highest BCUT2D eigenvalue weighted by Crippen LogP contribution is 2.55. The average Bonchev–Trinajstić information content (AvgIpc) is 3.32. The fraction of sp³-hybridized carbons (Fsp3) is 0.400.